The highest BCUT2D eigenvalue weighted by Gasteiger charge is 2.01. The number of nitrogens with one attached hydrogen (secondary N) is 1. The smallest absolute Gasteiger partial charge is 0.417 e. The second-order valence-electron chi connectivity index (χ2n) is 1.99. The van der Waals surface area contributed by atoms with E-state index in [1.807, 2.05) is 20.8 Å². The van der Waals surface area contributed by atoms with E-state index in [1.165, 1.54) is 11.9 Å². The maximum atomic E-state index is 10.7. The summed E-state index contributed by atoms with van der Waals surface area (Å²) in [5, 5.41) is 0. The van der Waals surface area contributed by atoms with Crippen LogP contribution < -0.4 is 4.72 Å². The summed E-state index contributed by atoms with van der Waals surface area (Å²) in [7, 11) is 0. The molecule has 0 fully saturated rings. The van der Waals surface area contributed by atoms with Crippen molar-refractivity contribution in [2.24, 2.45) is 0 Å². The van der Waals surface area contributed by atoms with E-state index in [0.717, 1.165) is 5.75 Å². The molecule has 0 atom stereocenters. The van der Waals surface area contributed by atoms with Gasteiger partial charge in [-0.1, -0.05) is 6.92 Å². The van der Waals surface area contributed by atoms with Gasteiger partial charge in [-0.15, -0.1) is 0 Å². The molecule has 0 spiro atoms. The molecule has 0 aliphatic rings. The molecule has 1 amide bonds. The fourth-order valence-electron chi connectivity index (χ4n) is 0.369. The first-order chi connectivity index (χ1) is 4.66. The van der Waals surface area contributed by atoms with Crippen LogP contribution in [0.2, 0.25) is 0 Å². The van der Waals surface area contributed by atoms with Crippen molar-refractivity contribution in [1.29, 1.82) is 0 Å². The highest BCUT2D eigenvalue weighted by atomic mass is 32.2. The Morgan fingerprint density at radius 1 is 1.70 bits per heavy atom. The highest BCUT2D eigenvalue weighted by molar-refractivity contribution is 7.97. The lowest BCUT2D eigenvalue weighted by molar-refractivity contribution is 0.122. The second-order valence-corrected chi connectivity index (χ2v) is 3.06. The van der Waals surface area contributed by atoms with Crippen LogP contribution >= 0.6 is 11.9 Å². The average molecular weight is 163 g/mol. The zero-order valence-corrected chi connectivity index (χ0v) is 7.33. The topological polar surface area (TPSA) is 38.3 Å². The van der Waals surface area contributed by atoms with Crippen molar-refractivity contribution < 1.29 is 9.53 Å². The Hall–Kier alpha value is -0.380. The van der Waals surface area contributed by atoms with Gasteiger partial charge >= 0.3 is 6.09 Å². The second kappa shape index (κ2) is 5.41. The van der Waals surface area contributed by atoms with E-state index in [1.54, 1.807) is 0 Å². The van der Waals surface area contributed by atoms with E-state index in [4.69, 9.17) is 4.74 Å². The van der Waals surface area contributed by atoms with Gasteiger partial charge in [0.15, 0.2) is 0 Å². The number of hydrogen-bond acceptors (Lipinski definition) is 3. The summed E-state index contributed by atoms with van der Waals surface area (Å²) >= 11 is 1.33. The van der Waals surface area contributed by atoms with E-state index in [9.17, 15) is 4.79 Å². The minimum absolute atomic E-state index is 0.0440. The molecular formula is C6H13NO2S. The molecule has 3 nitrogen and oxygen atoms in total. The molecule has 0 heterocycles. The van der Waals surface area contributed by atoms with Gasteiger partial charge in [-0.25, -0.2) is 4.79 Å². The molecule has 0 aromatic rings. The van der Waals surface area contributed by atoms with Gasteiger partial charge in [-0.2, -0.15) is 0 Å². The molecule has 0 unspecified atom stereocenters. The summed E-state index contributed by atoms with van der Waals surface area (Å²) in [6.45, 7) is 5.59. The first kappa shape index (κ1) is 9.62. The third-order valence-electron chi connectivity index (χ3n) is 0.643. The Balaban J connectivity index is 3.26. The molecule has 4 heteroatoms. The number of ether oxygens (including phenoxy) is 1. The van der Waals surface area contributed by atoms with Gasteiger partial charge in [0, 0.05) is 5.75 Å². The van der Waals surface area contributed by atoms with Crippen molar-refractivity contribution in [1.82, 2.24) is 4.72 Å². The monoisotopic (exact) mass is 163 g/mol. The minimum atomic E-state index is -0.359. The molecule has 0 bridgehead atoms. The van der Waals surface area contributed by atoms with E-state index < -0.39 is 0 Å². The van der Waals surface area contributed by atoms with E-state index in [-0.39, 0.29) is 12.2 Å². The molecule has 0 aliphatic carbocycles. The molecule has 60 valence electrons. The van der Waals surface area contributed by atoms with E-state index in [0.29, 0.717) is 0 Å². The van der Waals surface area contributed by atoms with Crippen LogP contribution in [0.4, 0.5) is 4.79 Å². The van der Waals surface area contributed by atoms with Gasteiger partial charge in [-0.05, 0) is 25.8 Å². The summed E-state index contributed by atoms with van der Waals surface area (Å²) in [5.41, 5.74) is 0. The molecule has 0 radical (unpaired) electrons. The largest absolute Gasteiger partial charge is 0.446 e. The van der Waals surface area contributed by atoms with Crippen molar-refractivity contribution in [2.45, 2.75) is 26.9 Å². The molecule has 0 aromatic carbocycles. The average Bonchev–Trinajstić information content (AvgIpc) is 1.82. The Bertz CT molecular complexity index is 106. The van der Waals surface area contributed by atoms with Crippen LogP contribution in [0.5, 0.6) is 0 Å². The summed E-state index contributed by atoms with van der Waals surface area (Å²) < 4.78 is 7.30. The Labute approximate surface area is 65.6 Å². The molecule has 10 heavy (non-hydrogen) atoms. The van der Waals surface area contributed by atoms with Gasteiger partial charge < -0.3 is 4.74 Å². The number of hydrogen-bond donors (Lipinski definition) is 1. The molecule has 0 rings (SSSR count). The van der Waals surface area contributed by atoms with Crippen LogP contribution in [-0.2, 0) is 4.74 Å². The van der Waals surface area contributed by atoms with Crippen molar-refractivity contribution in [3.05, 3.63) is 0 Å². The molecular weight excluding hydrogens is 150 g/mol. The Kier molecular flexibility index (Phi) is 5.20. The first-order valence-electron chi connectivity index (χ1n) is 3.25. The summed E-state index contributed by atoms with van der Waals surface area (Å²) in [4.78, 5) is 10.7. The highest BCUT2D eigenvalue weighted by Crippen LogP contribution is 1.94. The normalized spacial score (nSPS) is 9.60. The van der Waals surface area contributed by atoms with Crippen LogP contribution in [0.3, 0.4) is 0 Å². The van der Waals surface area contributed by atoms with Gasteiger partial charge in [0.1, 0.15) is 0 Å². The quantitative estimate of drug-likeness (QED) is 0.644. The fourth-order valence-corrected chi connectivity index (χ4v) is 0.680. The van der Waals surface area contributed by atoms with Gasteiger partial charge in [0.2, 0.25) is 0 Å². The Morgan fingerprint density at radius 3 is 2.70 bits per heavy atom. The van der Waals surface area contributed by atoms with Crippen LogP contribution in [0.1, 0.15) is 20.8 Å². The van der Waals surface area contributed by atoms with Gasteiger partial charge in [0.25, 0.3) is 0 Å². The zero-order chi connectivity index (χ0) is 7.98. The lowest BCUT2D eigenvalue weighted by Crippen LogP contribution is -2.21. The van der Waals surface area contributed by atoms with Crippen molar-refractivity contribution in [3.8, 4) is 0 Å². The van der Waals surface area contributed by atoms with Gasteiger partial charge in [-0.3, -0.25) is 4.72 Å². The zero-order valence-electron chi connectivity index (χ0n) is 6.51. The number of amides is 1. The van der Waals surface area contributed by atoms with Crippen LogP contribution in [0.15, 0.2) is 0 Å². The number of carbonyl (C=O) groups excluding carboxylic acids is 1. The van der Waals surface area contributed by atoms with E-state index in [2.05, 4.69) is 4.72 Å². The van der Waals surface area contributed by atoms with Gasteiger partial charge in [0.05, 0.1) is 6.10 Å². The SMILES string of the molecule is CCSNC(=O)OC(C)C. The molecule has 0 saturated carbocycles. The summed E-state index contributed by atoms with van der Waals surface area (Å²) in [5.74, 6) is 0.854. The van der Waals surface area contributed by atoms with Crippen LogP contribution in [0.25, 0.3) is 0 Å². The summed E-state index contributed by atoms with van der Waals surface area (Å²) in [6, 6.07) is 0. The van der Waals surface area contributed by atoms with Crippen LogP contribution in [0, 0.1) is 0 Å². The van der Waals surface area contributed by atoms with Crippen molar-refractivity contribution >= 4 is 18.0 Å². The Morgan fingerprint density at radius 2 is 2.30 bits per heavy atom. The predicted octanol–water partition coefficient (Wildman–Crippen LogP) is 1.79. The maximum absolute atomic E-state index is 10.7. The predicted molar refractivity (Wildman–Crippen MR) is 42.9 cm³/mol. The summed E-state index contributed by atoms with van der Waals surface area (Å²) in [6.07, 6.45) is -0.403. The molecule has 1 N–H and O–H groups in total. The van der Waals surface area contributed by atoms with Crippen molar-refractivity contribution in [2.75, 3.05) is 5.75 Å². The third kappa shape index (κ3) is 5.75. The number of carbonyl (C=O) groups is 1. The standard InChI is InChI=1S/C6H13NO2S/c1-4-10-7-6(8)9-5(2)3/h5H,4H2,1-3H3,(H,7,8). The maximum Gasteiger partial charge on any atom is 0.417 e. The van der Waals surface area contributed by atoms with Crippen molar-refractivity contribution in [3.63, 3.8) is 0 Å². The van der Waals surface area contributed by atoms with E-state index >= 15 is 0 Å². The lowest BCUT2D eigenvalue weighted by atomic mass is 10.5. The lowest BCUT2D eigenvalue weighted by Gasteiger charge is -2.07. The molecule has 0 aliphatic heterocycles. The molecule has 0 saturated heterocycles. The molecule has 0 aromatic heterocycles. The fraction of sp³-hybridized carbons (Fsp3) is 0.833. The van der Waals surface area contributed by atoms with Crippen LogP contribution in [-0.4, -0.2) is 18.0 Å². The first-order valence-corrected chi connectivity index (χ1v) is 4.23. The number of rotatable bonds is 3. The minimum Gasteiger partial charge on any atom is -0.446 e. The third-order valence-corrected chi connectivity index (χ3v) is 1.24.